The van der Waals surface area contributed by atoms with Gasteiger partial charge in [0.15, 0.2) is 11.5 Å². The minimum absolute atomic E-state index is 0.296. The van der Waals surface area contributed by atoms with Crippen molar-refractivity contribution in [2.75, 3.05) is 18.5 Å². The van der Waals surface area contributed by atoms with Crippen LogP contribution in [0.4, 0.5) is 11.4 Å². The van der Waals surface area contributed by atoms with Crippen LogP contribution in [0.15, 0.2) is 71.7 Å². The molecule has 0 bridgehead atoms. The second-order valence-electron chi connectivity index (χ2n) is 9.53. The highest BCUT2D eigenvalue weighted by atomic mass is 127. The van der Waals surface area contributed by atoms with Crippen molar-refractivity contribution in [3.63, 3.8) is 0 Å². The third-order valence-electron chi connectivity index (χ3n) is 6.92. The van der Waals surface area contributed by atoms with Crippen LogP contribution < -0.4 is 14.8 Å². The topological polar surface area (TPSA) is 42.8 Å². The maximum Gasteiger partial charge on any atom is 0.174 e. The molecule has 3 aromatic rings. The first kappa shape index (κ1) is 24.9. The zero-order valence-corrected chi connectivity index (χ0v) is 23.3. The smallest absolute Gasteiger partial charge is 0.174 e. The predicted octanol–water partition coefficient (Wildman–Crippen LogP) is 8.36. The van der Waals surface area contributed by atoms with E-state index >= 15 is 0 Å². The van der Waals surface area contributed by atoms with Crippen molar-refractivity contribution in [2.24, 2.45) is 10.9 Å². The van der Waals surface area contributed by atoms with Crippen LogP contribution in [0.3, 0.4) is 0 Å². The summed E-state index contributed by atoms with van der Waals surface area (Å²) < 4.78 is 12.8. The summed E-state index contributed by atoms with van der Waals surface area (Å²) in [5.41, 5.74) is 7.25. The van der Waals surface area contributed by atoms with E-state index in [-0.39, 0.29) is 0 Å². The number of fused-ring (bicyclic) bond motifs is 3. The zero-order chi connectivity index (χ0) is 25.1. The lowest BCUT2D eigenvalue weighted by molar-refractivity contribution is 0.275. The quantitative estimate of drug-likeness (QED) is 0.162. The number of allylic oxidation sites excluding steroid dienone is 2. The summed E-state index contributed by atoms with van der Waals surface area (Å²) in [5.74, 6) is 2.61. The van der Waals surface area contributed by atoms with Gasteiger partial charge < -0.3 is 14.8 Å². The fraction of sp³-hybridized carbons (Fsp3) is 0.323. The Morgan fingerprint density at radius 1 is 1.06 bits per heavy atom. The van der Waals surface area contributed by atoms with Crippen molar-refractivity contribution in [1.82, 2.24) is 0 Å². The molecule has 3 aromatic carbocycles. The SMILES string of the molecule is CCCOc1c(I)cc(C=Nc2ccc([C@@H]3Nc4ccc(C)cc4[C@@H]4C=CC[C@H]43)cc2)cc1OCC. The summed E-state index contributed by atoms with van der Waals surface area (Å²) in [7, 11) is 0. The van der Waals surface area contributed by atoms with Crippen LogP contribution in [0.2, 0.25) is 0 Å². The van der Waals surface area contributed by atoms with Gasteiger partial charge in [-0.3, -0.25) is 4.99 Å². The van der Waals surface area contributed by atoms with E-state index in [1.807, 2.05) is 19.2 Å². The molecule has 186 valence electrons. The number of nitrogens with one attached hydrogen (secondary N) is 1. The maximum atomic E-state index is 5.93. The number of ether oxygens (including phenoxy) is 2. The van der Waals surface area contributed by atoms with E-state index in [9.17, 15) is 0 Å². The molecule has 0 aromatic heterocycles. The first-order chi connectivity index (χ1) is 17.6. The van der Waals surface area contributed by atoms with Gasteiger partial charge in [-0.1, -0.05) is 48.9 Å². The Labute approximate surface area is 228 Å². The molecule has 2 aliphatic rings. The Morgan fingerprint density at radius 2 is 1.89 bits per heavy atom. The number of aryl methyl sites for hydroxylation is 1. The monoisotopic (exact) mass is 592 g/mol. The van der Waals surface area contributed by atoms with Gasteiger partial charge in [-0.2, -0.15) is 0 Å². The molecule has 5 heteroatoms. The number of hydrogen-bond donors (Lipinski definition) is 1. The molecule has 1 heterocycles. The Bertz CT molecular complexity index is 1280. The van der Waals surface area contributed by atoms with Crippen LogP contribution >= 0.6 is 22.6 Å². The van der Waals surface area contributed by atoms with Gasteiger partial charge in [0, 0.05) is 17.8 Å². The maximum absolute atomic E-state index is 5.93. The average Bonchev–Trinajstić information content (AvgIpc) is 3.38. The third-order valence-corrected chi connectivity index (χ3v) is 7.72. The van der Waals surface area contributed by atoms with Crippen molar-refractivity contribution in [3.8, 4) is 11.5 Å². The van der Waals surface area contributed by atoms with Gasteiger partial charge in [-0.15, -0.1) is 0 Å². The summed E-state index contributed by atoms with van der Waals surface area (Å²) in [6.07, 6.45) is 8.70. The second-order valence-corrected chi connectivity index (χ2v) is 10.7. The molecular formula is C31H33IN2O2. The molecule has 1 N–H and O–H groups in total. The van der Waals surface area contributed by atoms with Gasteiger partial charge in [-0.25, -0.2) is 0 Å². The van der Waals surface area contributed by atoms with Gasteiger partial charge in [0.2, 0.25) is 0 Å². The highest BCUT2D eigenvalue weighted by Gasteiger charge is 2.37. The molecule has 0 unspecified atom stereocenters. The number of benzene rings is 3. The molecule has 1 aliphatic heterocycles. The summed E-state index contributed by atoms with van der Waals surface area (Å²) in [6, 6.07) is 19.8. The number of rotatable bonds is 8. The Balaban J connectivity index is 1.34. The van der Waals surface area contributed by atoms with Crippen LogP contribution in [0, 0.1) is 16.4 Å². The largest absolute Gasteiger partial charge is 0.490 e. The number of anilines is 1. The molecule has 0 fully saturated rings. The van der Waals surface area contributed by atoms with Crippen molar-refractivity contribution >= 4 is 40.2 Å². The summed E-state index contributed by atoms with van der Waals surface area (Å²) in [6.45, 7) is 7.54. The van der Waals surface area contributed by atoms with Crippen molar-refractivity contribution in [2.45, 2.75) is 45.6 Å². The van der Waals surface area contributed by atoms with Crippen LogP contribution in [0.25, 0.3) is 0 Å². The van der Waals surface area contributed by atoms with E-state index in [0.717, 1.165) is 39.2 Å². The van der Waals surface area contributed by atoms with E-state index in [1.54, 1.807) is 0 Å². The lowest BCUT2D eigenvalue weighted by Gasteiger charge is -2.37. The molecule has 0 spiro atoms. The van der Waals surface area contributed by atoms with E-state index in [2.05, 4.69) is 102 Å². The van der Waals surface area contributed by atoms with E-state index in [0.29, 0.717) is 31.1 Å². The Morgan fingerprint density at radius 3 is 2.67 bits per heavy atom. The second kappa shape index (κ2) is 11.1. The normalized spacial score (nSPS) is 20.2. The number of hydrogen-bond acceptors (Lipinski definition) is 4. The van der Waals surface area contributed by atoms with Crippen LogP contribution in [0.5, 0.6) is 11.5 Å². The third kappa shape index (κ3) is 5.17. The van der Waals surface area contributed by atoms with Crippen molar-refractivity contribution in [3.05, 3.63) is 92.6 Å². The van der Waals surface area contributed by atoms with Gasteiger partial charge in [-0.05, 0) is 102 Å². The van der Waals surface area contributed by atoms with E-state index in [4.69, 9.17) is 14.5 Å². The van der Waals surface area contributed by atoms with Gasteiger partial charge in [0.25, 0.3) is 0 Å². The highest BCUT2D eigenvalue weighted by Crippen LogP contribution is 2.50. The fourth-order valence-electron chi connectivity index (χ4n) is 5.23. The first-order valence-corrected chi connectivity index (χ1v) is 13.9. The molecule has 3 atom stereocenters. The summed E-state index contributed by atoms with van der Waals surface area (Å²) in [5, 5.41) is 3.83. The fourth-order valence-corrected chi connectivity index (χ4v) is 6.01. The number of nitrogens with zero attached hydrogens (tertiary/aromatic N) is 1. The summed E-state index contributed by atoms with van der Waals surface area (Å²) >= 11 is 2.31. The lowest BCUT2D eigenvalue weighted by Crippen LogP contribution is -2.29. The zero-order valence-electron chi connectivity index (χ0n) is 21.1. The van der Waals surface area contributed by atoms with E-state index in [1.165, 1.54) is 22.4 Å². The summed E-state index contributed by atoms with van der Waals surface area (Å²) in [4.78, 5) is 4.75. The van der Waals surface area contributed by atoms with E-state index < -0.39 is 0 Å². The first-order valence-electron chi connectivity index (χ1n) is 12.8. The predicted molar refractivity (Wildman–Crippen MR) is 157 cm³/mol. The van der Waals surface area contributed by atoms with Gasteiger partial charge in [0.05, 0.1) is 28.5 Å². The lowest BCUT2D eigenvalue weighted by atomic mass is 9.76. The standard InChI is InChI=1S/C31H33IN2O2/c1-4-15-36-31-27(32)17-21(18-29(31)35-5-2)19-33-23-12-10-22(11-13-23)30-25-8-6-7-24(25)26-16-20(3)9-14-28(26)34-30/h6-7,9-14,16-19,24-25,30,34H,4-5,8,15H2,1-3H3/t24-,25-,30+/m1/s1. The number of halogens is 1. The van der Waals surface area contributed by atoms with Gasteiger partial charge in [0.1, 0.15) is 0 Å². The molecule has 0 radical (unpaired) electrons. The average molecular weight is 593 g/mol. The molecule has 1 aliphatic carbocycles. The number of aliphatic imine (C=N–C) groups is 1. The molecule has 0 saturated carbocycles. The van der Waals surface area contributed by atoms with Crippen LogP contribution in [0.1, 0.15) is 60.9 Å². The minimum Gasteiger partial charge on any atom is -0.490 e. The van der Waals surface area contributed by atoms with Crippen molar-refractivity contribution in [1.29, 1.82) is 0 Å². The Kier molecular flexibility index (Phi) is 7.65. The minimum atomic E-state index is 0.296. The molecule has 4 nitrogen and oxygen atoms in total. The van der Waals surface area contributed by atoms with Crippen molar-refractivity contribution < 1.29 is 9.47 Å². The van der Waals surface area contributed by atoms with Crippen LogP contribution in [-0.2, 0) is 0 Å². The molecule has 0 amide bonds. The molecule has 0 saturated heterocycles. The van der Waals surface area contributed by atoms with Gasteiger partial charge >= 0.3 is 0 Å². The highest BCUT2D eigenvalue weighted by molar-refractivity contribution is 14.1. The Hall–Kier alpha value is -2.80. The molecule has 5 rings (SSSR count). The molecular weight excluding hydrogens is 559 g/mol. The van der Waals surface area contributed by atoms with Crippen LogP contribution in [-0.4, -0.2) is 19.4 Å². The molecule has 36 heavy (non-hydrogen) atoms.